The van der Waals surface area contributed by atoms with Gasteiger partial charge in [-0.3, -0.25) is 4.90 Å². The van der Waals surface area contributed by atoms with E-state index in [1.165, 1.54) is 0 Å². The van der Waals surface area contributed by atoms with Crippen molar-refractivity contribution in [3.63, 3.8) is 0 Å². The van der Waals surface area contributed by atoms with Crippen molar-refractivity contribution in [2.45, 2.75) is 5.16 Å². The zero-order valence-electron chi connectivity index (χ0n) is 12.4. The summed E-state index contributed by atoms with van der Waals surface area (Å²) in [7, 11) is 1.68. The third-order valence-electron chi connectivity index (χ3n) is 3.42. The number of hydrogen-bond donors (Lipinski definition) is 1. The summed E-state index contributed by atoms with van der Waals surface area (Å²) in [4.78, 5) is 10.3. The lowest BCUT2D eigenvalue weighted by atomic mass is 10.3. The van der Waals surface area contributed by atoms with Crippen molar-refractivity contribution in [1.29, 1.82) is 0 Å². The maximum atomic E-state index is 5.35. The van der Waals surface area contributed by atoms with E-state index < -0.39 is 0 Å². The van der Waals surface area contributed by atoms with Gasteiger partial charge in [-0.15, -0.1) is 24.8 Å². The maximum absolute atomic E-state index is 5.35. The van der Waals surface area contributed by atoms with Crippen LogP contribution >= 0.6 is 36.6 Å². The van der Waals surface area contributed by atoms with Crippen molar-refractivity contribution in [3.8, 4) is 5.75 Å². The fourth-order valence-corrected chi connectivity index (χ4v) is 3.14. The minimum atomic E-state index is 0. The molecule has 124 valence electrons. The van der Waals surface area contributed by atoms with Gasteiger partial charge in [-0.2, -0.15) is 0 Å². The molecule has 22 heavy (non-hydrogen) atoms. The Kier molecular flexibility index (Phi) is 8.35. The van der Waals surface area contributed by atoms with E-state index >= 15 is 0 Å². The van der Waals surface area contributed by atoms with Crippen LogP contribution in [0, 0.1) is 0 Å². The predicted molar refractivity (Wildman–Crippen MR) is 95.1 cm³/mol. The summed E-state index contributed by atoms with van der Waals surface area (Å²) in [6, 6.07) is 5.90. The van der Waals surface area contributed by atoms with E-state index in [0.717, 1.165) is 60.5 Å². The van der Waals surface area contributed by atoms with Gasteiger partial charge in [0.25, 0.3) is 0 Å². The average molecular weight is 366 g/mol. The lowest BCUT2D eigenvalue weighted by molar-refractivity contribution is 0.0410. The monoisotopic (exact) mass is 365 g/mol. The first kappa shape index (κ1) is 19.4. The number of halogens is 2. The highest BCUT2D eigenvalue weighted by molar-refractivity contribution is 7.99. The van der Waals surface area contributed by atoms with Crippen LogP contribution in [-0.4, -0.2) is 60.6 Å². The van der Waals surface area contributed by atoms with Gasteiger partial charge in [0.2, 0.25) is 0 Å². The topological polar surface area (TPSA) is 50.4 Å². The second-order valence-electron chi connectivity index (χ2n) is 4.73. The zero-order chi connectivity index (χ0) is 13.8. The molecule has 5 nitrogen and oxygen atoms in total. The summed E-state index contributed by atoms with van der Waals surface area (Å²) in [6.07, 6.45) is 0. The van der Waals surface area contributed by atoms with E-state index in [2.05, 4.69) is 14.9 Å². The number of nitrogens with zero attached hydrogens (tertiary/aromatic N) is 2. The third kappa shape index (κ3) is 4.93. The van der Waals surface area contributed by atoms with Crippen molar-refractivity contribution >= 4 is 47.6 Å². The molecule has 2 heterocycles. The maximum Gasteiger partial charge on any atom is 0.166 e. The number of hydrogen-bond acceptors (Lipinski definition) is 5. The highest BCUT2D eigenvalue weighted by atomic mass is 35.5. The fourth-order valence-electron chi connectivity index (χ4n) is 2.26. The Morgan fingerprint density at radius 2 is 2.09 bits per heavy atom. The molecular weight excluding hydrogens is 345 g/mol. The molecule has 0 saturated carbocycles. The van der Waals surface area contributed by atoms with Crippen LogP contribution in [0.15, 0.2) is 23.4 Å². The minimum absolute atomic E-state index is 0. The smallest absolute Gasteiger partial charge is 0.166 e. The third-order valence-corrected chi connectivity index (χ3v) is 4.27. The van der Waals surface area contributed by atoms with E-state index in [9.17, 15) is 0 Å². The molecule has 0 spiro atoms. The first-order valence-electron chi connectivity index (χ1n) is 6.82. The minimum Gasteiger partial charge on any atom is -0.497 e. The highest BCUT2D eigenvalue weighted by Gasteiger charge is 2.10. The number of morpholine rings is 1. The number of nitrogens with one attached hydrogen (secondary N) is 1. The summed E-state index contributed by atoms with van der Waals surface area (Å²) < 4.78 is 10.6. The van der Waals surface area contributed by atoms with E-state index in [4.69, 9.17) is 9.47 Å². The summed E-state index contributed by atoms with van der Waals surface area (Å²) in [5, 5.41) is 0.974. The molecule has 0 unspecified atom stereocenters. The van der Waals surface area contributed by atoms with Crippen molar-refractivity contribution in [3.05, 3.63) is 18.2 Å². The van der Waals surface area contributed by atoms with Crippen LogP contribution in [0.4, 0.5) is 0 Å². The molecule has 1 aromatic carbocycles. The van der Waals surface area contributed by atoms with Gasteiger partial charge in [0, 0.05) is 31.5 Å². The Morgan fingerprint density at radius 1 is 1.32 bits per heavy atom. The number of benzene rings is 1. The van der Waals surface area contributed by atoms with Gasteiger partial charge in [0.05, 0.1) is 31.4 Å². The molecule has 1 aliphatic heterocycles. The predicted octanol–water partition coefficient (Wildman–Crippen LogP) is 2.84. The standard InChI is InChI=1S/C14H19N3O2S.2ClH/c1-18-11-2-3-12-13(10-11)16-14(15-12)20-9-6-17-4-7-19-8-5-17;;/h2-3,10H,4-9H2,1H3,(H,15,16);2*1H. The summed E-state index contributed by atoms with van der Waals surface area (Å²) in [6.45, 7) is 4.87. The van der Waals surface area contributed by atoms with E-state index in [-0.39, 0.29) is 24.8 Å². The molecule has 0 amide bonds. The molecule has 0 aliphatic carbocycles. The molecule has 2 aromatic rings. The molecule has 1 N–H and O–H groups in total. The number of rotatable bonds is 5. The zero-order valence-corrected chi connectivity index (χ0v) is 14.9. The number of ether oxygens (including phenoxy) is 2. The van der Waals surface area contributed by atoms with Crippen LogP contribution in [0.5, 0.6) is 5.75 Å². The molecular formula is C14H21Cl2N3O2S. The van der Waals surface area contributed by atoms with Crippen molar-refractivity contribution in [2.75, 3.05) is 45.7 Å². The molecule has 1 aromatic heterocycles. The second kappa shape index (κ2) is 9.47. The van der Waals surface area contributed by atoms with Gasteiger partial charge < -0.3 is 14.5 Å². The summed E-state index contributed by atoms with van der Waals surface area (Å²) in [5.74, 6) is 1.89. The van der Waals surface area contributed by atoms with E-state index in [1.54, 1.807) is 18.9 Å². The Bertz CT molecular complexity index is 576. The Hall–Kier alpha value is -0.660. The first-order chi connectivity index (χ1) is 9.85. The van der Waals surface area contributed by atoms with Gasteiger partial charge in [-0.25, -0.2) is 4.98 Å². The van der Waals surface area contributed by atoms with Gasteiger partial charge in [-0.05, 0) is 12.1 Å². The lowest BCUT2D eigenvalue weighted by Gasteiger charge is -2.26. The molecule has 1 fully saturated rings. The van der Waals surface area contributed by atoms with Crippen LogP contribution in [0.3, 0.4) is 0 Å². The van der Waals surface area contributed by atoms with E-state index in [0.29, 0.717) is 0 Å². The van der Waals surface area contributed by atoms with Crippen LogP contribution in [0.2, 0.25) is 0 Å². The number of fused-ring (bicyclic) bond motifs is 1. The van der Waals surface area contributed by atoms with Crippen molar-refractivity contribution in [2.24, 2.45) is 0 Å². The first-order valence-corrected chi connectivity index (χ1v) is 7.80. The van der Waals surface area contributed by atoms with Crippen LogP contribution in [0.25, 0.3) is 11.0 Å². The van der Waals surface area contributed by atoms with Crippen molar-refractivity contribution in [1.82, 2.24) is 14.9 Å². The Labute approximate surface area is 147 Å². The lowest BCUT2D eigenvalue weighted by Crippen LogP contribution is -2.37. The fraction of sp³-hybridized carbons (Fsp3) is 0.500. The van der Waals surface area contributed by atoms with Gasteiger partial charge >= 0.3 is 0 Å². The number of aromatic nitrogens is 2. The molecule has 3 rings (SSSR count). The molecule has 1 saturated heterocycles. The Morgan fingerprint density at radius 3 is 2.82 bits per heavy atom. The van der Waals surface area contributed by atoms with Gasteiger partial charge in [0.15, 0.2) is 5.16 Å². The Balaban J connectivity index is 0.00000121. The van der Waals surface area contributed by atoms with Crippen LogP contribution < -0.4 is 4.74 Å². The molecule has 0 bridgehead atoms. The molecule has 8 heteroatoms. The number of imidazole rings is 1. The highest BCUT2D eigenvalue weighted by Crippen LogP contribution is 2.23. The average Bonchev–Trinajstić information content (AvgIpc) is 2.90. The summed E-state index contributed by atoms with van der Waals surface area (Å²) >= 11 is 1.76. The largest absolute Gasteiger partial charge is 0.497 e. The number of thioether (sulfide) groups is 1. The van der Waals surface area contributed by atoms with Gasteiger partial charge in [-0.1, -0.05) is 11.8 Å². The van der Waals surface area contributed by atoms with Gasteiger partial charge in [0.1, 0.15) is 5.75 Å². The van der Waals surface area contributed by atoms with E-state index in [1.807, 2.05) is 18.2 Å². The molecule has 0 radical (unpaired) electrons. The summed E-state index contributed by atoms with van der Waals surface area (Å²) in [5.41, 5.74) is 2.01. The molecule has 0 atom stereocenters. The molecule has 1 aliphatic rings. The quantitative estimate of drug-likeness (QED) is 0.825. The second-order valence-corrected chi connectivity index (χ2v) is 5.81. The number of methoxy groups -OCH3 is 1. The SMILES string of the molecule is COc1ccc2nc(SCCN3CCOCC3)[nH]c2c1.Cl.Cl. The van der Waals surface area contributed by atoms with Crippen LogP contribution in [0.1, 0.15) is 0 Å². The number of aromatic amines is 1. The van der Waals surface area contributed by atoms with Crippen LogP contribution in [-0.2, 0) is 4.74 Å². The number of H-pyrrole nitrogens is 1. The van der Waals surface area contributed by atoms with Crippen molar-refractivity contribution < 1.29 is 9.47 Å². The normalized spacial score (nSPS) is 15.1.